The molecule has 0 aromatic heterocycles. The molecule has 0 fully saturated rings. The Balaban J connectivity index is 0.00000338. The number of benzene rings is 2. The second kappa shape index (κ2) is 12.2. The summed E-state index contributed by atoms with van der Waals surface area (Å²) in [6.45, 7) is 4.23. The maximum absolute atomic E-state index is 10.1. The van der Waals surface area contributed by atoms with Crippen LogP contribution in [0.4, 0.5) is 0 Å². The first-order valence-corrected chi connectivity index (χ1v) is 8.29. The molecule has 0 saturated carbocycles. The molecule has 0 heterocycles. The fourth-order valence-electron chi connectivity index (χ4n) is 2.22. The fourth-order valence-corrected chi connectivity index (χ4v) is 2.22. The highest BCUT2D eigenvalue weighted by molar-refractivity contribution is 14.0. The molecule has 7 heteroatoms. The van der Waals surface area contributed by atoms with Gasteiger partial charge in [0.15, 0.2) is 17.5 Å². The van der Waals surface area contributed by atoms with Gasteiger partial charge in [-0.2, -0.15) is 0 Å². The standard InChI is InChI=1S/C19H25N3O3.HI/c1-3-20-19(21-12-13-25-16-9-5-4-6-10-16)22-14-15-8-7-11-17(24-2)18(15)23;/h4-11,23H,3,12-14H2,1-2H3,(H2,20,21,22);1H. The van der Waals surface area contributed by atoms with Crippen LogP contribution in [0.3, 0.4) is 0 Å². The number of phenolic OH excluding ortho intramolecular Hbond substituents is 1. The molecule has 0 atom stereocenters. The van der Waals surface area contributed by atoms with E-state index in [-0.39, 0.29) is 29.7 Å². The number of aromatic hydroxyl groups is 1. The van der Waals surface area contributed by atoms with Gasteiger partial charge in [-0.3, -0.25) is 0 Å². The number of ether oxygens (including phenoxy) is 2. The van der Waals surface area contributed by atoms with E-state index in [1.54, 1.807) is 6.07 Å². The molecular weight excluding hydrogens is 445 g/mol. The summed E-state index contributed by atoms with van der Waals surface area (Å²) in [6, 6.07) is 15.0. The summed E-state index contributed by atoms with van der Waals surface area (Å²) >= 11 is 0. The lowest BCUT2D eigenvalue weighted by Gasteiger charge is -2.13. The van der Waals surface area contributed by atoms with Crippen LogP contribution in [-0.4, -0.2) is 37.9 Å². The molecule has 0 aliphatic rings. The van der Waals surface area contributed by atoms with Crippen molar-refractivity contribution in [3.63, 3.8) is 0 Å². The number of nitrogens with one attached hydrogen (secondary N) is 2. The summed E-state index contributed by atoms with van der Waals surface area (Å²) in [7, 11) is 1.53. The van der Waals surface area contributed by atoms with Gasteiger partial charge in [0.05, 0.1) is 20.2 Å². The van der Waals surface area contributed by atoms with Crippen molar-refractivity contribution in [1.29, 1.82) is 0 Å². The zero-order valence-corrected chi connectivity index (χ0v) is 17.4. The zero-order chi connectivity index (χ0) is 17.9. The fraction of sp³-hybridized carbons (Fsp3) is 0.316. The molecule has 0 bridgehead atoms. The van der Waals surface area contributed by atoms with E-state index in [0.29, 0.717) is 37.0 Å². The van der Waals surface area contributed by atoms with E-state index < -0.39 is 0 Å². The van der Waals surface area contributed by atoms with Gasteiger partial charge in [0.2, 0.25) is 0 Å². The summed E-state index contributed by atoms with van der Waals surface area (Å²) in [4.78, 5) is 4.49. The van der Waals surface area contributed by atoms with Crippen LogP contribution >= 0.6 is 24.0 Å². The molecule has 142 valence electrons. The first-order chi connectivity index (χ1) is 12.2. The lowest BCUT2D eigenvalue weighted by Crippen LogP contribution is -2.39. The summed E-state index contributed by atoms with van der Waals surface area (Å²) in [5.41, 5.74) is 0.706. The summed E-state index contributed by atoms with van der Waals surface area (Å²) < 4.78 is 10.8. The summed E-state index contributed by atoms with van der Waals surface area (Å²) in [6.07, 6.45) is 0. The number of guanidine groups is 1. The van der Waals surface area contributed by atoms with Gasteiger partial charge in [0, 0.05) is 12.1 Å². The number of hydrogen-bond donors (Lipinski definition) is 3. The van der Waals surface area contributed by atoms with Gasteiger partial charge < -0.3 is 25.2 Å². The summed E-state index contributed by atoms with van der Waals surface area (Å²) in [5, 5.41) is 16.5. The van der Waals surface area contributed by atoms with Gasteiger partial charge in [0.1, 0.15) is 12.4 Å². The maximum Gasteiger partial charge on any atom is 0.191 e. The number of hydrogen-bond acceptors (Lipinski definition) is 4. The van der Waals surface area contributed by atoms with Gasteiger partial charge in [-0.25, -0.2) is 4.99 Å². The minimum Gasteiger partial charge on any atom is -0.504 e. The smallest absolute Gasteiger partial charge is 0.191 e. The molecule has 0 aliphatic carbocycles. The van der Waals surface area contributed by atoms with Crippen LogP contribution in [-0.2, 0) is 6.54 Å². The lowest BCUT2D eigenvalue weighted by molar-refractivity contribution is 0.322. The van der Waals surface area contributed by atoms with E-state index in [9.17, 15) is 5.11 Å². The molecule has 6 nitrogen and oxygen atoms in total. The van der Waals surface area contributed by atoms with Crippen molar-refractivity contribution >= 4 is 29.9 Å². The average molecular weight is 471 g/mol. The van der Waals surface area contributed by atoms with Crippen LogP contribution < -0.4 is 20.1 Å². The third kappa shape index (κ3) is 6.99. The van der Waals surface area contributed by atoms with Crippen LogP contribution in [0, 0.1) is 0 Å². The van der Waals surface area contributed by atoms with Crippen molar-refractivity contribution in [2.75, 3.05) is 26.8 Å². The number of phenols is 1. The molecule has 3 N–H and O–H groups in total. The highest BCUT2D eigenvalue weighted by atomic mass is 127. The number of rotatable bonds is 8. The van der Waals surface area contributed by atoms with Crippen molar-refractivity contribution in [3.8, 4) is 17.2 Å². The third-order valence-corrected chi connectivity index (χ3v) is 3.46. The lowest BCUT2D eigenvalue weighted by atomic mass is 10.2. The van der Waals surface area contributed by atoms with Crippen LogP contribution in [0.2, 0.25) is 0 Å². The van der Waals surface area contributed by atoms with Crippen molar-refractivity contribution in [3.05, 3.63) is 54.1 Å². The Morgan fingerprint density at radius 2 is 1.85 bits per heavy atom. The highest BCUT2D eigenvalue weighted by Gasteiger charge is 2.07. The molecule has 0 aliphatic heterocycles. The predicted octanol–water partition coefficient (Wildman–Crippen LogP) is 3.15. The van der Waals surface area contributed by atoms with E-state index in [1.165, 1.54) is 7.11 Å². The van der Waals surface area contributed by atoms with Crippen molar-refractivity contribution in [2.45, 2.75) is 13.5 Å². The van der Waals surface area contributed by atoms with Gasteiger partial charge >= 0.3 is 0 Å². The normalized spacial score (nSPS) is 10.6. The topological polar surface area (TPSA) is 75.1 Å². The minimum atomic E-state index is 0. The highest BCUT2D eigenvalue weighted by Crippen LogP contribution is 2.29. The number of para-hydroxylation sites is 2. The second-order valence-corrected chi connectivity index (χ2v) is 5.25. The monoisotopic (exact) mass is 471 g/mol. The number of methoxy groups -OCH3 is 1. The Morgan fingerprint density at radius 3 is 2.54 bits per heavy atom. The van der Waals surface area contributed by atoms with Crippen LogP contribution in [0.1, 0.15) is 12.5 Å². The Morgan fingerprint density at radius 1 is 1.08 bits per heavy atom. The van der Waals surface area contributed by atoms with Crippen molar-refractivity contribution in [2.24, 2.45) is 4.99 Å². The largest absolute Gasteiger partial charge is 0.504 e. The predicted molar refractivity (Wildman–Crippen MR) is 115 cm³/mol. The molecule has 0 unspecified atom stereocenters. The molecule has 0 spiro atoms. The Hall–Kier alpha value is -2.16. The van der Waals surface area contributed by atoms with Crippen LogP contribution in [0.25, 0.3) is 0 Å². The number of halogens is 1. The minimum absolute atomic E-state index is 0. The van der Waals surface area contributed by atoms with E-state index in [1.807, 2.05) is 49.4 Å². The van der Waals surface area contributed by atoms with Crippen molar-refractivity contribution < 1.29 is 14.6 Å². The van der Waals surface area contributed by atoms with E-state index >= 15 is 0 Å². The Bertz CT molecular complexity index is 681. The second-order valence-electron chi connectivity index (χ2n) is 5.25. The van der Waals surface area contributed by atoms with E-state index in [2.05, 4.69) is 15.6 Å². The molecule has 26 heavy (non-hydrogen) atoms. The van der Waals surface area contributed by atoms with Crippen LogP contribution in [0.5, 0.6) is 17.2 Å². The summed E-state index contributed by atoms with van der Waals surface area (Å²) in [5.74, 6) is 2.08. The molecule has 0 radical (unpaired) electrons. The van der Waals surface area contributed by atoms with E-state index in [0.717, 1.165) is 12.3 Å². The first-order valence-electron chi connectivity index (χ1n) is 8.29. The third-order valence-electron chi connectivity index (χ3n) is 3.46. The quantitative estimate of drug-likeness (QED) is 0.239. The molecule has 0 saturated heterocycles. The first kappa shape index (κ1) is 21.9. The average Bonchev–Trinajstić information content (AvgIpc) is 2.65. The number of aliphatic imine (C=N–C) groups is 1. The zero-order valence-electron chi connectivity index (χ0n) is 15.1. The van der Waals surface area contributed by atoms with Crippen molar-refractivity contribution in [1.82, 2.24) is 10.6 Å². The van der Waals surface area contributed by atoms with Gasteiger partial charge in [-0.1, -0.05) is 30.3 Å². The molecule has 2 rings (SSSR count). The van der Waals surface area contributed by atoms with Crippen LogP contribution in [0.15, 0.2) is 53.5 Å². The number of nitrogens with zero attached hydrogens (tertiary/aromatic N) is 1. The van der Waals surface area contributed by atoms with E-state index in [4.69, 9.17) is 9.47 Å². The Kier molecular flexibility index (Phi) is 10.3. The molecule has 2 aromatic carbocycles. The molecular formula is C19H26IN3O3. The maximum atomic E-state index is 10.1. The molecule has 2 aromatic rings. The Labute approximate surface area is 171 Å². The molecule has 0 amide bonds. The van der Waals surface area contributed by atoms with Gasteiger partial charge in [0.25, 0.3) is 0 Å². The van der Waals surface area contributed by atoms with Gasteiger partial charge in [-0.15, -0.1) is 24.0 Å². The SMILES string of the molecule is CCNC(=NCc1cccc(OC)c1O)NCCOc1ccccc1.I. The van der Waals surface area contributed by atoms with Gasteiger partial charge in [-0.05, 0) is 25.1 Å².